The summed E-state index contributed by atoms with van der Waals surface area (Å²) in [7, 11) is -3.74. The summed E-state index contributed by atoms with van der Waals surface area (Å²) in [5.74, 6) is -0.267. The van der Waals surface area contributed by atoms with Gasteiger partial charge in [0.2, 0.25) is 10.0 Å². The normalized spacial score (nSPS) is 15.8. The van der Waals surface area contributed by atoms with Gasteiger partial charge in [-0.2, -0.15) is 4.31 Å². The van der Waals surface area contributed by atoms with E-state index in [1.54, 1.807) is 23.1 Å². The van der Waals surface area contributed by atoms with Crippen molar-refractivity contribution in [1.29, 1.82) is 0 Å². The van der Waals surface area contributed by atoms with Crippen molar-refractivity contribution in [2.75, 3.05) is 24.6 Å². The fraction of sp³-hybridized carbons (Fsp3) is 0.286. The van der Waals surface area contributed by atoms with Crippen LogP contribution in [0.25, 0.3) is 10.2 Å². The van der Waals surface area contributed by atoms with Crippen molar-refractivity contribution in [3.05, 3.63) is 88.9 Å². The molecule has 0 bridgehead atoms. The van der Waals surface area contributed by atoms with Crippen molar-refractivity contribution in [2.24, 2.45) is 0 Å². The van der Waals surface area contributed by atoms with Crippen molar-refractivity contribution in [2.45, 2.75) is 37.3 Å². The van der Waals surface area contributed by atoms with Gasteiger partial charge >= 0.3 is 0 Å². The molecule has 0 aliphatic carbocycles. The van der Waals surface area contributed by atoms with Gasteiger partial charge in [0, 0.05) is 25.3 Å². The maximum atomic E-state index is 13.7. The Balaban J connectivity index is 1.42. The van der Waals surface area contributed by atoms with Gasteiger partial charge in [-0.3, -0.25) is 9.69 Å². The highest BCUT2D eigenvalue weighted by atomic mass is 35.5. The third-order valence-electron chi connectivity index (χ3n) is 6.54. The highest BCUT2D eigenvalue weighted by Crippen LogP contribution is 2.34. The zero-order valence-corrected chi connectivity index (χ0v) is 23.3. The summed E-state index contributed by atoms with van der Waals surface area (Å²) in [6, 6.07) is 21.1. The van der Waals surface area contributed by atoms with E-state index in [-0.39, 0.29) is 23.5 Å². The summed E-state index contributed by atoms with van der Waals surface area (Å²) in [5.41, 5.74) is 1.93. The van der Waals surface area contributed by atoms with Crippen molar-refractivity contribution >= 4 is 54.2 Å². The monoisotopic (exact) mass is 569 g/mol. The van der Waals surface area contributed by atoms with E-state index in [1.165, 1.54) is 27.8 Å². The standard InChI is InChI=1S/C28H28ClN3O4S2/c1-2-31(18-20-8-4-3-5-9-20)38(34,35)23-15-13-21(14-16-23)27(33)32(19-22-10-7-17-36-22)28-30-26-24(29)11-6-12-25(26)37-28/h3-6,8-9,11-16,22H,2,7,10,17-19H2,1H3. The number of hydrogen-bond acceptors (Lipinski definition) is 6. The first-order valence-electron chi connectivity index (χ1n) is 12.5. The number of aromatic nitrogens is 1. The molecule has 1 aliphatic heterocycles. The van der Waals surface area contributed by atoms with Gasteiger partial charge < -0.3 is 4.74 Å². The van der Waals surface area contributed by atoms with E-state index in [9.17, 15) is 13.2 Å². The number of para-hydroxylation sites is 1. The molecule has 1 atom stereocenters. The molecular weight excluding hydrogens is 542 g/mol. The summed E-state index contributed by atoms with van der Waals surface area (Å²) in [4.78, 5) is 20.2. The number of ether oxygens (including phenoxy) is 1. The van der Waals surface area contributed by atoms with E-state index in [1.807, 2.05) is 49.4 Å². The first-order valence-corrected chi connectivity index (χ1v) is 15.1. The average Bonchev–Trinajstić information content (AvgIpc) is 3.61. The fourth-order valence-corrected chi connectivity index (χ4v) is 7.20. The molecule has 0 radical (unpaired) electrons. The van der Waals surface area contributed by atoms with Gasteiger partial charge in [-0.1, -0.05) is 66.3 Å². The number of fused-ring (bicyclic) bond motifs is 1. The molecule has 4 aromatic rings. The second-order valence-electron chi connectivity index (χ2n) is 9.07. The molecule has 1 saturated heterocycles. The predicted octanol–water partition coefficient (Wildman–Crippen LogP) is 5.99. The Kier molecular flexibility index (Phi) is 8.11. The quantitative estimate of drug-likeness (QED) is 0.247. The number of hydrogen-bond donors (Lipinski definition) is 0. The summed E-state index contributed by atoms with van der Waals surface area (Å²) in [5, 5.41) is 1.06. The van der Waals surface area contributed by atoms with Gasteiger partial charge in [-0.15, -0.1) is 0 Å². The smallest absolute Gasteiger partial charge is 0.260 e. The lowest BCUT2D eigenvalue weighted by Gasteiger charge is -2.23. The van der Waals surface area contributed by atoms with Gasteiger partial charge in [0.25, 0.3) is 5.91 Å². The van der Waals surface area contributed by atoms with Crippen LogP contribution in [0.5, 0.6) is 0 Å². The maximum absolute atomic E-state index is 13.7. The van der Waals surface area contributed by atoms with E-state index in [2.05, 4.69) is 4.98 Å². The highest BCUT2D eigenvalue weighted by molar-refractivity contribution is 7.89. The number of amides is 1. The molecule has 1 amide bonds. The summed E-state index contributed by atoms with van der Waals surface area (Å²) in [6.45, 7) is 3.44. The molecule has 5 rings (SSSR count). The molecule has 0 N–H and O–H groups in total. The SMILES string of the molecule is CCN(Cc1ccccc1)S(=O)(=O)c1ccc(C(=O)N(CC2CCCO2)c2nc3c(Cl)cccc3s2)cc1. The lowest BCUT2D eigenvalue weighted by Crippen LogP contribution is -2.37. The Hall–Kier alpha value is -2.82. The topological polar surface area (TPSA) is 79.8 Å². The number of nitrogens with zero attached hydrogens (tertiary/aromatic N) is 3. The number of anilines is 1. The Morgan fingerprint density at radius 1 is 1.08 bits per heavy atom. The number of thiazole rings is 1. The molecule has 0 saturated carbocycles. The molecule has 1 fully saturated rings. The van der Waals surface area contributed by atoms with Crippen LogP contribution in [0.3, 0.4) is 0 Å². The fourth-order valence-electron chi connectivity index (χ4n) is 4.49. The van der Waals surface area contributed by atoms with Crippen LogP contribution in [0.4, 0.5) is 5.13 Å². The summed E-state index contributed by atoms with van der Waals surface area (Å²) >= 11 is 7.74. The summed E-state index contributed by atoms with van der Waals surface area (Å²) < 4.78 is 34.8. The lowest BCUT2D eigenvalue weighted by molar-refractivity contribution is 0.0917. The second kappa shape index (κ2) is 11.5. The highest BCUT2D eigenvalue weighted by Gasteiger charge is 2.28. The molecule has 1 aliphatic rings. The molecule has 1 aromatic heterocycles. The van der Waals surface area contributed by atoms with Crippen LogP contribution >= 0.6 is 22.9 Å². The van der Waals surface area contributed by atoms with Crippen molar-refractivity contribution in [3.8, 4) is 0 Å². The molecule has 10 heteroatoms. The first-order chi connectivity index (χ1) is 18.4. The van der Waals surface area contributed by atoms with Crippen molar-refractivity contribution in [1.82, 2.24) is 9.29 Å². The number of carbonyl (C=O) groups excluding carboxylic acids is 1. The zero-order valence-electron chi connectivity index (χ0n) is 20.9. The molecule has 198 valence electrons. The van der Waals surface area contributed by atoms with Crippen LogP contribution in [0.2, 0.25) is 5.02 Å². The Morgan fingerprint density at radius 2 is 1.84 bits per heavy atom. The predicted molar refractivity (Wildman–Crippen MR) is 151 cm³/mol. The van der Waals surface area contributed by atoms with Gasteiger partial charge in [0.15, 0.2) is 5.13 Å². The van der Waals surface area contributed by atoms with E-state index in [0.29, 0.717) is 40.9 Å². The zero-order chi connectivity index (χ0) is 26.7. The number of halogens is 1. The Morgan fingerprint density at radius 3 is 2.50 bits per heavy atom. The van der Waals surface area contributed by atoms with Crippen LogP contribution in [0.1, 0.15) is 35.7 Å². The van der Waals surface area contributed by atoms with Crippen LogP contribution in [0, 0.1) is 0 Å². The van der Waals surface area contributed by atoms with Crippen LogP contribution < -0.4 is 4.90 Å². The minimum atomic E-state index is -3.74. The molecule has 2 heterocycles. The van der Waals surface area contributed by atoms with Crippen LogP contribution in [0.15, 0.2) is 77.7 Å². The minimum absolute atomic E-state index is 0.0859. The molecule has 0 spiro atoms. The lowest BCUT2D eigenvalue weighted by atomic mass is 10.2. The number of carbonyl (C=O) groups is 1. The second-order valence-corrected chi connectivity index (χ2v) is 12.4. The minimum Gasteiger partial charge on any atom is -0.376 e. The average molecular weight is 570 g/mol. The largest absolute Gasteiger partial charge is 0.376 e. The van der Waals surface area contributed by atoms with Crippen LogP contribution in [-0.2, 0) is 21.3 Å². The molecule has 38 heavy (non-hydrogen) atoms. The molecule has 7 nitrogen and oxygen atoms in total. The van der Waals surface area contributed by atoms with E-state index in [0.717, 1.165) is 23.1 Å². The third kappa shape index (κ3) is 5.62. The van der Waals surface area contributed by atoms with E-state index < -0.39 is 10.0 Å². The molecule has 1 unspecified atom stereocenters. The van der Waals surface area contributed by atoms with Crippen molar-refractivity contribution in [3.63, 3.8) is 0 Å². The van der Waals surface area contributed by atoms with E-state index in [4.69, 9.17) is 16.3 Å². The third-order valence-corrected chi connectivity index (χ3v) is 9.82. The molecule has 3 aromatic carbocycles. The Bertz CT molecular complexity index is 1520. The van der Waals surface area contributed by atoms with Gasteiger partial charge in [-0.05, 0) is 54.8 Å². The molecular formula is C28H28ClN3O4S2. The first kappa shape index (κ1) is 26.8. The van der Waals surface area contributed by atoms with E-state index >= 15 is 0 Å². The Labute approximate surface area is 231 Å². The van der Waals surface area contributed by atoms with Gasteiger partial charge in [-0.25, -0.2) is 13.4 Å². The number of rotatable bonds is 9. The van der Waals surface area contributed by atoms with Crippen molar-refractivity contribution < 1.29 is 17.9 Å². The summed E-state index contributed by atoms with van der Waals surface area (Å²) in [6.07, 6.45) is 1.72. The van der Waals surface area contributed by atoms with Gasteiger partial charge in [0.05, 0.1) is 27.3 Å². The maximum Gasteiger partial charge on any atom is 0.260 e. The van der Waals surface area contributed by atoms with Crippen LogP contribution in [-0.4, -0.2) is 49.4 Å². The van der Waals surface area contributed by atoms with Gasteiger partial charge in [0.1, 0.15) is 5.52 Å². The number of benzene rings is 3. The number of sulfonamides is 1.